The monoisotopic (exact) mass is 422 g/mol. The molecule has 162 valence electrons. The van der Waals surface area contributed by atoms with E-state index in [9.17, 15) is 9.59 Å². The van der Waals surface area contributed by atoms with Crippen LogP contribution in [0.5, 0.6) is 0 Å². The molecule has 1 aliphatic heterocycles. The summed E-state index contributed by atoms with van der Waals surface area (Å²) in [4.78, 5) is 38.6. The summed E-state index contributed by atoms with van der Waals surface area (Å²) < 4.78 is 7.65. The first kappa shape index (κ1) is 19.7. The Bertz CT molecular complexity index is 1150. The van der Waals surface area contributed by atoms with Gasteiger partial charge in [-0.25, -0.2) is 14.6 Å². The highest BCUT2D eigenvalue weighted by atomic mass is 16.6. The normalized spacial score (nSPS) is 22.2. The minimum absolute atomic E-state index is 0.0211. The fourth-order valence-electron chi connectivity index (χ4n) is 4.77. The number of H-pyrrole nitrogens is 1. The van der Waals surface area contributed by atoms with E-state index in [1.165, 1.54) is 0 Å². The average molecular weight is 422 g/mol. The first-order valence-electron chi connectivity index (χ1n) is 10.8. The summed E-state index contributed by atoms with van der Waals surface area (Å²) in [5.41, 5.74) is 9.23. The molecule has 0 aromatic carbocycles. The zero-order valence-electron chi connectivity index (χ0n) is 17.2. The maximum absolute atomic E-state index is 12.9. The number of hydrogen-bond acceptors (Lipinski definition) is 6. The maximum Gasteiger partial charge on any atom is 0.410 e. The van der Waals surface area contributed by atoms with E-state index in [1.54, 1.807) is 21.9 Å². The van der Waals surface area contributed by atoms with Gasteiger partial charge in [0.1, 0.15) is 6.10 Å². The highest BCUT2D eigenvalue weighted by Crippen LogP contribution is 2.34. The number of nitrogens with two attached hydrogens (primary N) is 1. The number of nitrogens with one attached hydrogen (secondary N) is 1. The Morgan fingerprint density at radius 1 is 1.10 bits per heavy atom. The number of nitrogens with zero attached hydrogens (tertiary/aromatic N) is 4. The number of piperidine rings is 1. The Kier molecular flexibility index (Phi) is 5.19. The zero-order chi connectivity index (χ0) is 21.4. The van der Waals surface area contributed by atoms with Gasteiger partial charge in [0, 0.05) is 37.6 Å². The molecule has 3 aromatic rings. The molecule has 0 saturated carbocycles. The van der Waals surface area contributed by atoms with E-state index in [-0.39, 0.29) is 30.0 Å². The Morgan fingerprint density at radius 2 is 1.87 bits per heavy atom. The number of aromatic amines is 1. The largest absolute Gasteiger partial charge is 0.440 e. The highest BCUT2D eigenvalue weighted by Gasteiger charge is 2.31. The number of imidazole rings is 1. The number of pyridine rings is 2. The van der Waals surface area contributed by atoms with Gasteiger partial charge in [0.05, 0.1) is 11.2 Å². The molecule has 0 bridgehead atoms. The molecule has 0 radical (unpaired) electrons. The number of aromatic nitrogens is 4. The van der Waals surface area contributed by atoms with Gasteiger partial charge in [-0.2, -0.15) is 0 Å². The Hall–Kier alpha value is -3.20. The lowest BCUT2D eigenvalue weighted by Gasteiger charge is -2.33. The summed E-state index contributed by atoms with van der Waals surface area (Å²) in [5, 5.41) is 0. The van der Waals surface area contributed by atoms with Gasteiger partial charge < -0.3 is 15.4 Å². The van der Waals surface area contributed by atoms with Crippen LogP contribution in [0.1, 0.15) is 61.5 Å². The van der Waals surface area contributed by atoms with Crippen molar-refractivity contribution < 1.29 is 9.53 Å². The third kappa shape index (κ3) is 3.69. The zero-order valence-corrected chi connectivity index (χ0v) is 17.2. The standard InChI is InChI=1S/C22H26N6O3/c23-16-5-1-7-18(19-15(16)4-2-10-24-19)31-22(30)27-12-8-14(9-13-27)28-17-6-3-11-25-20(17)26-21(28)29/h2-4,6,10-11,14,16,18H,1,5,7-9,12-13,23H2,(H,25,26,29). The minimum Gasteiger partial charge on any atom is -0.440 e. The van der Waals surface area contributed by atoms with Gasteiger partial charge in [-0.05, 0) is 55.9 Å². The van der Waals surface area contributed by atoms with Gasteiger partial charge in [-0.15, -0.1) is 0 Å². The van der Waals surface area contributed by atoms with E-state index in [1.807, 2.05) is 24.3 Å². The SMILES string of the molecule is NC1CCCC(OC(=O)N2CCC(n3c(=O)[nH]c4ncccc43)CC2)c2ncccc21. The molecule has 5 rings (SSSR count). The van der Waals surface area contributed by atoms with E-state index < -0.39 is 0 Å². The maximum atomic E-state index is 12.9. The molecule has 1 aliphatic carbocycles. The van der Waals surface area contributed by atoms with Crippen LogP contribution in [0.4, 0.5) is 4.79 Å². The molecule has 4 heterocycles. The summed E-state index contributed by atoms with van der Waals surface area (Å²) >= 11 is 0. The average Bonchev–Trinajstić information content (AvgIpc) is 3.05. The number of likely N-dealkylation sites (tertiary alicyclic amines) is 1. The van der Waals surface area contributed by atoms with Crippen LogP contribution in [0.25, 0.3) is 11.2 Å². The van der Waals surface area contributed by atoms with Crippen molar-refractivity contribution in [2.75, 3.05) is 13.1 Å². The molecule has 31 heavy (non-hydrogen) atoms. The number of rotatable bonds is 2. The third-order valence-corrected chi connectivity index (χ3v) is 6.38. The van der Waals surface area contributed by atoms with Crippen molar-refractivity contribution in [3.63, 3.8) is 0 Å². The molecule has 2 unspecified atom stereocenters. The lowest BCUT2D eigenvalue weighted by molar-refractivity contribution is 0.0477. The highest BCUT2D eigenvalue weighted by molar-refractivity contribution is 5.70. The quantitative estimate of drug-likeness (QED) is 0.613. The molecule has 3 N–H and O–H groups in total. The predicted molar refractivity (Wildman–Crippen MR) is 114 cm³/mol. The summed E-state index contributed by atoms with van der Waals surface area (Å²) in [7, 11) is 0. The summed E-state index contributed by atoms with van der Waals surface area (Å²) in [5.74, 6) is 0. The van der Waals surface area contributed by atoms with Crippen molar-refractivity contribution in [2.45, 2.75) is 50.3 Å². The van der Waals surface area contributed by atoms with E-state index >= 15 is 0 Å². The molecule has 0 spiro atoms. The summed E-state index contributed by atoms with van der Waals surface area (Å²) in [6, 6.07) is 7.50. The Labute approximate surface area is 179 Å². The van der Waals surface area contributed by atoms with E-state index in [4.69, 9.17) is 10.5 Å². The summed E-state index contributed by atoms with van der Waals surface area (Å²) in [6.07, 6.45) is 6.49. The van der Waals surface area contributed by atoms with Gasteiger partial charge in [-0.3, -0.25) is 14.5 Å². The molecule has 2 aliphatic rings. The number of fused-ring (bicyclic) bond motifs is 2. The fraction of sp³-hybridized carbons (Fsp3) is 0.455. The van der Waals surface area contributed by atoms with Crippen LogP contribution < -0.4 is 11.4 Å². The molecule has 1 fully saturated rings. The van der Waals surface area contributed by atoms with Crippen LogP contribution >= 0.6 is 0 Å². The molecular formula is C22H26N6O3. The van der Waals surface area contributed by atoms with Crippen LogP contribution in [-0.2, 0) is 4.74 Å². The number of carbonyl (C=O) groups is 1. The molecule has 3 aromatic heterocycles. The van der Waals surface area contributed by atoms with Crippen LogP contribution in [0.15, 0.2) is 41.5 Å². The van der Waals surface area contributed by atoms with Gasteiger partial charge in [0.25, 0.3) is 0 Å². The number of carbonyl (C=O) groups excluding carboxylic acids is 1. The smallest absolute Gasteiger partial charge is 0.410 e. The van der Waals surface area contributed by atoms with Crippen molar-refractivity contribution in [3.8, 4) is 0 Å². The van der Waals surface area contributed by atoms with E-state index in [0.717, 1.165) is 36.0 Å². The second-order valence-corrected chi connectivity index (χ2v) is 8.28. The second kappa shape index (κ2) is 8.14. The lowest BCUT2D eigenvalue weighted by Crippen LogP contribution is -2.41. The molecule has 9 nitrogen and oxygen atoms in total. The molecule has 1 amide bonds. The fourth-order valence-corrected chi connectivity index (χ4v) is 4.77. The van der Waals surface area contributed by atoms with E-state index in [0.29, 0.717) is 31.6 Å². The van der Waals surface area contributed by atoms with Gasteiger partial charge in [0.2, 0.25) is 0 Å². The molecule has 1 saturated heterocycles. The topological polar surface area (TPSA) is 119 Å². The van der Waals surface area contributed by atoms with Crippen molar-refractivity contribution in [1.82, 2.24) is 24.4 Å². The Morgan fingerprint density at radius 3 is 2.71 bits per heavy atom. The van der Waals surface area contributed by atoms with Crippen molar-refractivity contribution in [3.05, 3.63) is 58.4 Å². The molecule has 9 heteroatoms. The van der Waals surface area contributed by atoms with Crippen molar-refractivity contribution >= 4 is 17.3 Å². The minimum atomic E-state index is -0.378. The lowest BCUT2D eigenvalue weighted by atomic mass is 10.0. The third-order valence-electron chi connectivity index (χ3n) is 6.38. The van der Waals surface area contributed by atoms with Crippen LogP contribution in [0.3, 0.4) is 0 Å². The Balaban J connectivity index is 1.27. The van der Waals surface area contributed by atoms with Gasteiger partial charge in [-0.1, -0.05) is 6.07 Å². The van der Waals surface area contributed by atoms with Crippen LogP contribution in [0.2, 0.25) is 0 Å². The number of amides is 1. The van der Waals surface area contributed by atoms with Crippen LogP contribution in [-0.4, -0.2) is 43.6 Å². The van der Waals surface area contributed by atoms with Gasteiger partial charge >= 0.3 is 11.8 Å². The number of hydrogen-bond donors (Lipinski definition) is 2. The molecular weight excluding hydrogens is 396 g/mol. The predicted octanol–water partition coefficient (Wildman–Crippen LogP) is 2.82. The second-order valence-electron chi connectivity index (χ2n) is 8.28. The summed E-state index contributed by atoms with van der Waals surface area (Å²) in [6.45, 7) is 1.06. The first-order chi connectivity index (χ1) is 15.1. The van der Waals surface area contributed by atoms with E-state index in [2.05, 4.69) is 15.0 Å². The number of ether oxygens (including phenoxy) is 1. The van der Waals surface area contributed by atoms with Crippen molar-refractivity contribution in [1.29, 1.82) is 0 Å². The molecule has 2 atom stereocenters. The van der Waals surface area contributed by atoms with Crippen LogP contribution in [0, 0.1) is 0 Å². The van der Waals surface area contributed by atoms with Crippen molar-refractivity contribution in [2.24, 2.45) is 5.73 Å². The first-order valence-corrected chi connectivity index (χ1v) is 10.8. The van der Waals surface area contributed by atoms with Gasteiger partial charge in [0.15, 0.2) is 5.65 Å².